The van der Waals surface area contributed by atoms with Crippen LogP contribution in [0, 0.1) is 17.2 Å². The Hall–Kier alpha value is -3.26. The first-order valence-corrected chi connectivity index (χ1v) is 9.23. The van der Waals surface area contributed by atoms with Crippen LogP contribution < -0.4 is 14.8 Å². The number of amides is 1. The number of methoxy groups -OCH3 is 1. The molecule has 0 aliphatic heterocycles. The molecule has 2 aromatic carbocycles. The molecule has 146 valence electrons. The summed E-state index contributed by atoms with van der Waals surface area (Å²) < 4.78 is 11.1. The van der Waals surface area contributed by atoms with Gasteiger partial charge < -0.3 is 14.8 Å². The maximum atomic E-state index is 12.5. The minimum absolute atomic E-state index is 0.0284. The van der Waals surface area contributed by atoms with Gasteiger partial charge in [0.05, 0.1) is 19.8 Å². The second kappa shape index (κ2) is 10.2. The highest BCUT2D eigenvalue weighted by molar-refractivity contribution is 6.01. The van der Waals surface area contributed by atoms with Crippen molar-refractivity contribution in [2.75, 3.05) is 13.7 Å². The Morgan fingerprint density at radius 1 is 1.14 bits per heavy atom. The van der Waals surface area contributed by atoms with Crippen molar-refractivity contribution in [2.45, 2.75) is 26.8 Å². The topological polar surface area (TPSA) is 71.3 Å². The fourth-order valence-corrected chi connectivity index (χ4v) is 2.56. The Morgan fingerprint density at radius 3 is 2.46 bits per heavy atom. The number of rotatable bonds is 8. The zero-order valence-corrected chi connectivity index (χ0v) is 16.7. The van der Waals surface area contributed by atoms with Crippen LogP contribution in [0.2, 0.25) is 0 Å². The fourth-order valence-electron chi connectivity index (χ4n) is 2.56. The molecular formula is C23H26N2O3. The van der Waals surface area contributed by atoms with E-state index < -0.39 is 5.91 Å². The molecule has 0 saturated carbocycles. The van der Waals surface area contributed by atoms with Gasteiger partial charge in [-0.25, -0.2) is 0 Å². The van der Waals surface area contributed by atoms with Crippen molar-refractivity contribution in [1.82, 2.24) is 5.32 Å². The average molecular weight is 378 g/mol. The van der Waals surface area contributed by atoms with Crippen LogP contribution in [0.5, 0.6) is 11.5 Å². The first kappa shape index (κ1) is 21.0. The molecule has 0 heterocycles. The number of benzene rings is 2. The summed E-state index contributed by atoms with van der Waals surface area (Å²) in [5.74, 6) is 1.17. The van der Waals surface area contributed by atoms with E-state index in [-0.39, 0.29) is 11.6 Å². The summed E-state index contributed by atoms with van der Waals surface area (Å²) >= 11 is 0. The molecule has 0 fully saturated rings. The van der Waals surface area contributed by atoms with Crippen LogP contribution in [0.4, 0.5) is 0 Å². The van der Waals surface area contributed by atoms with Crippen LogP contribution in [-0.2, 0) is 4.79 Å². The summed E-state index contributed by atoms with van der Waals surface area (Å²) in [6.45, 7) is 6.59. The predicted molar refractivity (Wildman–Crippen MR) is 110 cm³/mol. The van der Waals surface area contributed by atoms with Crippen molar-refractivity contribution in [3.8, 4) is 17.6 Å². The molecule has 5 heteroatoms. The molecule has 0 unspecified atom stereocenters. The fraction of sp³-hybridized carbons (Fsp3) is 0.304. The van der Waals surface area contributed by atoms with E-state index in [4.69, 9.17) is 9.47 Å². The highest BCUT2D eigenvalue weighted by Crippen LogP contribution is 2.29. The third-order valence-corrected chi connectivity index (χ3v) is 4.08. The maximum absolute atomic E-state index is 12.5. The Kier molecular flexibility index (Phi) is 7.65. The minimum atomic E-state index is -0.419. The molecule has 0 aliphatic carbocycles. The van der Waals surface area contributed by atoms with E-state index >= 15 is 0 Å². The summed E-state index contributed by atoms with van der Waals surface area (Å²) in [6.07, 6.45) is 1.54. The Bertz CT molecular complexity index is 867. The lowest BCUT2D eigenvalue weighted by Crippen LogP contribution is -2.27. The van der Waals surface area contributed by atoms with Gasteiger partial charge in [-0.15, -0.1) is 0 Å². The van der Waals surface area contributed by atoms with E-state index in [0.29, 0.717) is 29.6 Å². The second-order valence-electron chi connectivity index (χ2n) is 6.89. The van der Waals surface area contributed by atoms with Crippen LogP contribution in [0.25, 0.3) is 6.08 Å². The normalized spacial score (nSPS) is 12.2. The highest BCUT2D eigenvalue weighted by Gasteiger charge is 2.14. The van der Waals surface area contributed by atoms with Gasteiger partial charge in [0.25, 0.3) is 5.91 Å². The molecule has 5 nitrogen and oxygen atoms in total. The molecule has 0 aromatic heterocycles. The minimum Gasteiger partial charge on any atom is -0.493 e. The van der Waals surface area contributed by atoms with Gasteiger partial charge in [0, 0.05) is 0 Å². The zero-order valence-electron chi connectivity index (χ0n) is 16.7. The zero-order chi connectivity index (χ0) is 20.5. The monoisotopic (exact) mass is 378 g/mol. The Balaban J connectivity index is 2.16. The molecule has 0 spiro atoms. The van der Waals surface area contributed by atoms with E-state index in [1.807, 2.05) is 43.3 Å². The third kappa shape index (κ3) is 5.88. The number of nitrogens with zero attached hydrogens (tertiary/aromatic N) is 1. The highest BCUT2D eigenvalue weighted by atomic mass is 16.5. The lowest BCUT2D eigenvalue weighted by atomic mass is 10.1. The SMILES string of the molecule is COc1cc(/C=C(\C#N)C(=O)N[C@@H](C)c2ccccc2)ccc1OCC(C)C. The standard InChI is InChI=1S/C23H26N2O3/c1-16(2)15-28-21-11-10-18(13-22(21)27-4)12-20(14-24)23(26)25-17(3)19-8-6-5-7-9-19/h5-13,16-17H,15H2,1-4H3,(H,25,26)/b20-12+/t17-/m0/s1. The summed E-state index contributed by atoms with van der Waals surface area (Å²) in [6, 6.07) is 16.7. The number of hydrogen-bond acceptors (Lipinski definition) is 4. The number of ether oxygens (including phenoxy) is 2. The first-order chi connectivity index (χ1) is 13.4. The number of nitriles is 1. The van der Waals surface area contributed by atoms with Crippen LogP contribution in [0.1, 0.15) is 37.9 Å². The summed E-state index contributed by atoms with van der Waals surface area (Å²) in [7, 11) is 1.56. The van der Waals surface area contributed by atoms with Gasteiger partial charge in [0.15, 0.2) is 11.5 Å². The van der Waals surface area contributed by atoms with Crippen LogP contribution in [0.15, 0.2) is 54.1 Å². The third-order valence-electron chi connectivity index (χ3n) is 4.08. The van der Waals surface area contributed by atoms with Crippen LogP contribution in [0.3, 0.4) is 0 Å². The average Bonchev–Trinajstić information content (AvgIpc) is 2.71. The van der Waals surface area contributed by atoms with Crippen LogP contribution in [-0.4, -0.2) is 19.6 Å². The first-order valence-electron chi connectivity index (χ1n) is 9.23. The quantitative estimate of drug-likeness (QED) is 0.542. The lowest BCUT2D eigenvalue weighted by molar-refractivity contribution is -0.117. The predicted octanol–water partition coefficient (Wildman–Crippen LogP) is 4.51. The molecular weight excluding hydrogens is 352 g/mol. The summed E-state index contributed by atoms with van der Waals surface area (Å²) in [5.41, 5.74) is 1.69. The van der Waals surface area contributed by atoms with E-state index in [1.54, 1.807) is 31.4 Å². The molecule has 1 atom stereocenters. The number of hydrogen-bond donors (Lipinski definition) is 1. The van der Waals surface area contributed by atoms with Crippen LogP contribution >= 0.6 is 0 Å². The molecule has 0 bridgehead atoms. The van der Waals surface area contributed by atoms with Gasteiger partial charge in [0.1, 0.15) is 11.6 Å². The van der Waals surface area contributed by atoms with Crippen molar-refractivity contribution < 1.29 is 14.3 Å². The maximum Gasteiger partial charge on any atom is 0.262 e. The van der Waals surface area contributed by atoms with Crippen molar-refractivity contribution >= 4 is 12.0 Å². The molecule has 0 saturated heterocycles. The number of carbonyl (C=O) groups is 1. The van der Waals surface area contributed by atoms with Crippen molar-refractivity contribution in [2.24, 2.45) is 5.92 Å². The van der Waals surface area contributed by atoms with Crippen molar-refractivity contribution in [3.63, 3.8) is 0 Å². The molecule has 28 heavy (non-hydrogen) atoms. The molecule has 2 rings (SSSR count). The molecule has 2 aromatic rings. The molecule has 0 radical (unpaired) electrons. The smallest absolute Gasteiger partial charge is 0.262 e. The van der Waals surface area contributed by atoms with Gasteiger partial charge in [-0.05, 0) is 42.2 Å². The van der Waals surface area contributed by atoms with E-state index in [1.165, 1.54) is 0 Å². The van der Waals surface area contributed by atoms with E-state index in [0.717, 1.165) is 5.56 Å². The van der Waals surface area contributed by atoms with Gasteiger partial charge in [-0.3, -0.25) is 4.79 Å². The molecule has 1 N–H and O–H groups in total. The lowest BCUT2D eigenvalue weighted by Gasteiger charge is -2.14. The Labute approximate surface area is 166 Å². The van der Waals surface area contributed by atoms with Crippen molar-refractivity contribution in [3.05, 3.63) is 65.2 Å². The summed E-state index contributed by atoms with van der Waals surface area (Å²) in [5, 5.41) is 12.3. The van der Waals surface area contributed by atoms with Gasteiger partial charge in [-0.1, -0.05) is 50.2 Å². The second-order valence-corrected chi connectivity index (χ2v) is 6.89. The molecule has 1 amide bonds. The largest absolute Gasteiger partial charge is 0.493 e. The molecule has 0 aliphatic rings. The van der Waals surface area contributed by atoms with Gasteiger partial charge >= 0.3 is 0 Å². The van der Waals surface area contributed by atoms with Gasteiger partial charge in [0.2, 0.25) is 0 Å². The number of nitrogens with one attached hydrogen (secondary N) is 1. The summed E-state index contributed by atoms with van der Waals surface area (Å²) in [4.78, 5) is 12.5. The van der Waals surface area contributed by atoms with Gasteiger partial charge in [-0.2, -0.15) is 5.26 Å². The Morgan fingerprint density at radius 2 is 1.86 bits per heavy atom. The number of carbonyl (C=O) groups excluding carboxylic acids is 1. The van der Waals surface area contributed by atoms with E-state index in [9.17, 15) is 10.1 Å². The van der Waals surface area contributed by atoms with Crippen molar-refractivity contribution in [1.29, 1.82) is 5.26 Å². The van der Waals surface area contributed by atoms with E-state index in [2.05, 4.69) is 19.2 Å².